The van der Waals surface area contributed by atoms with Crippen molar-refractivity contribution in [1.82, 2.24) is 4.57 Å². The maximum Gasteiger partial charge on any atom is 0.256 e. The Balaban J connectivity index is 2.60. The van der Waals surface area contributed by atoms with Crippen LogP contribution in [0.15, 0.2) is 24.3 Å². The van der Waals surface area contributed by atoms with Gasteiger partial charge >= 0.3 is 0 Å². The van der Waals surface area contributed by atoms with Crippen molar-refractivity contribution in [2.75, 3.05) is 0 Å². The van der Waals surface area contributed by atoms with Crippen LogP contribution in [0.1, 0.15) is 11.3 Å². The van der Waals surface area contributed by atoms with Crippen molar-refractivity contribution in [2.45, 2.75) is 26.8 Å². The van der Waals surface area contributed by atoms with E-state index in [1.807, 2.05) is 38.1 Å². The quantitative estimate of drug-likeness (QED) is 0.713. The van der Waals surface area contributed by atoms with Gasteiger partial charge in [-0.05, 0) is 36.9 Å². The fourth-order valence-electron chi connectivity index (χ4n) is 1.88. The molecule has 0 saturated heterocycles. The Hall–Kier alpha value is -1.38. The van der Waals surface area contributed by atoms with Gasteiger partial charge in [-0.2, -0.15) is 0 Å². The van der Waals surface area contributed by atoms with E-state index in [2.05, 4.69) is 0 Å². The molecule has 0 aliphatic rings. The van der Waals surface area contributed by atoms with E-state index in [9.17, 15) is 8.78 Å². The molecule has 0 atom stereocenters. The molecule has 0 bridgehead atoms. The van der Waals surface area contributed by atoms with Crippen LogP contribution in [0.4, 0.5) is 8.78 Å². The van der Waals surface area contributed by atoms with Crippen LogP contribution in [-0.2, 0) is 6.54 Å². The van der Waals surface area contributed by atoms with Crippen LogP contribution in [0.5, 0.6) is 0 Å². The highest BCUT2D eigenvalue weighted by Gasteiger charge is 2.10. The smallest absolute Gasteiger partial charge is 0.256 e. The second-order valence-corrected chi connectivity index (χ2v) is 3.85. The average Bonchev–Trinajstić information content (AvgIpc) is 2.43. The molecule has 0 amide bonds. The summed E-state index contributed by atoms with van der Waals surface area (Å²) in [4.78, 5) is 0. The van der Waals surface area contributed by atoms with Crippen LogP contribution < -0.4 is 0 Å². The number of fused-ring (bicyclic) bond motifs is 1. The third-order valence-electron chi connectivity index (χ3n) is 2.59. The molecule has 0 spiro atoms. The van der Waals surface area contributed by atoms with E-state index in [1.165, 1.54) is 0 Å². The predicted molar refractivity (Wildman–Crippen MR) is 57.4 cm³/mol. The minimum atomic E-state index is -2.31. The zero-order valence-electron chi connectivity index (χ0n) is 8.80. The van der Waals surface area contributed by atoms with Crippen LogP contribution >= 0.6 is 0 Å². The van der Waals surface area contributed by atoms with Gasteiger partial charge < -0.3 is 4.57 Å². The van der Waals surface area contributed by atoms with Crippen molar-refractivity contribution in [2.24, 2.45) is 0 Å². The summed E-state index contributed by atoms with van der Waals surface area (Å²) in [5, 5.41) is 1.03. The van der Waals surface area contributed by atoms with E-state index in [4.69, 9.17) is 0 Å². The Morgan fingerprint density at radius 2 is 1.93 bits per heavy atom. The Labute approximate surface area is 87.3 Å². The third-order valence-corrected chi connectivity index (χ3v) is 2.59. The van der Waals surface area contributed by atoms with Crippen LogP contribution in [0.3, 0.4) is 0 Å². The topological polar surface area (TPSA) is 4.93 Å². The Bertz CT molecular complexity index is 486. The molecule has 1 heterocycles. The lowest BCUT2D eigenvalue weighted by atomic mass is 10.2. The van der Waals surface area contributed by atoms with Gasteiger partial charge in [0.05, 0.1) is 6.54 Å². The molecule has 0 saturated carbocycles. The zero-order chi connectivity index (χ0) is 11.0. The number of halogens is 2. The number of nitrogens with zero attached hydrogens (tertiary/aromatic N) is 1. The number of aryl methyl sites for hydroxylation is 2. The molecule has 2 rings (SSSR count). The highest BCUT2D eigenvalue weighted by Crippen LogP contribution is 2.21. The van der Waals surface area contributed by atoms with E-state index < -0.39 is 6.43 Å². The van der Waals surface area contributed by atoms with Crippen LogP contribution in [0.25, 0.3) is 10.9 Å². The van der Waals surface area contributed by atoms with E-state index >= 15 is 0 Å². The van der Waals surface area contributed by atoms with E-state index in [-0.39, 0.29) is 6.54 Å². The van der Waals surface area contributed by atoms with Gasteiger partial charge in [-0.25, -0.2) is 8.78 Å². The molecule has 1 aromatic carbocycles. The molecule has 0 radical (unpaired) electrons. The molecular formula is C12H13F2N. The van der Waals surface area contributed by atoms with Gasteiger partial charge in [0.2, 0.25) is 0 Å². The van der Waals surface area contributed by atoms with Crippen molar-refractivity contribution in [3.8, 4) is 0 Å². The van der Waals surface area contributed by atoms with Gasteiger partial charge in [0.15, 0.2) is 0 Å². The molecule has 0 N–H and O–H groups in total. The summed E-state index contributed by atoms with van der Waals surface area (Å²) in [5.41, 5.74) is 2.87. The number of hydrogen-bond acceptors (Lipinski definition) is 0. The first-order valence-corrected chi connectivity index (χ1v) is 4.92. The van der Waals surface area contributed by atoms with Crippen molar-refractivity contribution in [3.63, 3.8) is 0 Å². The van der Waals surface area contributed by atoms with Gasteiger partial charge in [-0.1, -0.05) is 12.1 Å². The Morgan fingerprint density at radius 3 is 2.60 bits per heavy atom. The van der Waals surface area contributed by atoms with Gasteiger partial charge in [0.25, 0.3) is 6.43 Å². The number of aromatic nitrogens is 1. The average molecular weight is 209 g/mol. The maximum atomic E-state index is 12.4. The molecule has 80 valence electrons. The normalized spacial score (nSPS) is 11.5. The summed E-state index contributed by atoms with van der Waals surface area (Å²) in [6, 6.07) is 7.86. The number of alkyl halides is 2. The van der Waals surface area contributed by atoms with Gasteiger partial charge in [-0.3, -0.25) is 0 Å². The molecule has 0 aliphatic carbocycles. The summed E-state index contributed by atoms with van der Waals surface area (Å²) in [5.74, 6) is 0. The molecule has 15 heavy (non-hydrogen) atoms. The highest BCUT2D eigenvalue weighted by molar-refractivity contribution is 5.82. The second-order valence-electron chi connectivity index (χ2n) is 3.85. The lowest BCUT2D eigenvalue weighted by molar-refractivity contribution is 0.127. The summed E-state index contributed by atoms with van der Waals surface area (Å²) in [7, 11) is 0. The van der Waals surface area contributed by atoms with E-state index in [0.717, 1.165) is 22.2 Å². The minimum Gasteiger partial charge on any atom is -0.339 e. The van der Waals surface area contributed by atoms with Crippen molar-refractivity contribution < 1.29 is 8.78 Å². The SMILES string of the molecule is Cc1ccc2cc(C)n(CC(F)F)c2c1. The highest BCUT2D eigenvalue weighted by atomic mass is 19.3. The van der Waals surface area contributed by atoms with Crippen molar-refractivity contribution in [1.29, 1.82) is 0 Å². The fourth-order valence-corrected chi connectivity index (χ4v) is 1.88. The summed E-state index contributed by atoms with van der Waals surface area (Å²) >= 11 is 0. The number of rotatable bonds is 2. The van der Waals surface area contributed by atoms with Crippen LogP contribution in [0, 0.1) is 13.8 Å². The molecule has 1 nitrogen and oxygen atoms in total. The first-order chi connectivity index (χ1) is 7.08. The zero-order valence-corrected chi connectivity index (χ0v) is 8.80. The first-order valence-electron chi connectivity index (χ1n) is 4.92. The third kappa shape index (κ3) is 1.87. The minimum absolute atomic E-state index is 0.223. The second kappa shape index (κ2) is 3.65. The van der Waals surface area contributed by atoms with Gasteiger partial charge in [-0.15, -0.1) is 0 Å². The standard InChI is InChI=1S/C12H13F2N/c1-8-3-4-10-6-9(2)15(7-12(13)14)11(10)5-8/h3-6,12H,7H2,1-2H3. The van der Waals surface area contributed by atoms with Gasteiger partial charge in [0, 0.05) is 11.2 Å². The lowest BCUT2D eigenvalue weighted by Gasteiger charge is -2.07. The van der Waals surface area contributed by atoms with Gasteiger partial charge in [0.1, 0.15) is 0 Å². The first kappa shape index (κ1) is 10.1. The van der Waals surface area contributed by atoms with Crippen LogP contribution in [0.2, 0.25) is 0 Å². The number of hydrogen-bond donors (Lipinski definition) is 0. The summed E-state index contributed by atoms with van der Waals surface area (Å²) in [6.45, 7) is 3.60. The van der Waals surface area contributed by atoms with E-state index in [1.54, 1.807) is 4.57 Å². The number of benzene rings is 1. The summed E-state index contributed by atoms with van der Waals surface area (Å²) in [6.07, 6.45) is -2.31. The molecule has 0 unspecified atom stereocenters. The Kier molecular flexibility index (Phi) is 2.47. The van der Waals surface area contributed by atoms with Crippen molar-refractivity contribution in [3.05, 3.63) is 35.5 Å². The molecular weight excluding hydrogens is 196 g/mol. The molecule has 2 aromatic rings. The lowest BCUT2D eigenvalue weighted by Crippen LogP contribution is -2.07. The Morgan fingerprint density at radius 1 is 1.20 bits per heavy atom. The molecule has 0 aliphatic heterocycles. The van der Waals surface area contributed by atoms with Crippen LogP contribution in [-0.4, -0.2) is 11.0 Å². The largest absolute Gasteiger partial charge is 0.339 e. The van der Waals surface area contributed by atoms with Crippen molar-refractivity contribution >= 4 is 10.9 Å². The summed E-state index contributed by atoms with van der Waals surface area (Å²) < 4.78 is 26.4. The fraction of sp³-hybridized carbons (Fsp3) is 0.333. The molecule has 3 heteroatoms. The maximum absolute atomic E-state index is 12.4. The molecule has 0 fully saturated rings. The molecule has 1 aromatic heterocycles. The van der Waals surface area contributed by atoms with E-state index in [0.29, 0.717) is 0 Å². The monoisotopic (exact) mass is 209 g/mol. The predicted octanol–water partition coefficient (Wildman–Crippen LogP) is 3.52.